The number of hydrogen-bond donors (Lipinski definition) is 3. The summed E-state index contributed by atoms with van der Waals surface area (Å²) in [5.74, 6) is -0.408. The Kier molecular flexibility index (Phi) is 7.76. The van der Waals surface area contributed by atoms with Crippen molar-refractivity contribution < 1.29 is 50.8 Å². The second-order valence-electron chi connectivity index (χ2n) is 6.12. The number of nitrogens with zero attached hydrogens (tertiary/aromatic N) is 4. The third-order valence-corrected chi connectivity index (χ3v) is 5.06. The number of phenols is 1. The minimum atomic E-state index is -4.67. The van der Waals surface area contributed by atoms with Crippen molar-refractivity contribution in [3.8, 4) is 5.75 Å². The van der Waals surface area contributed by atoms with Crippen molar-refractivity contribution in [3.63, 3.8) is 0 Å². The van der Waals surface area contributed by atoms with Gasteiger partial charge in [-0.15, -0.1) is 22.8 Å². The molecule has 0 aliphatic heterocycles. The van der Waals surface area contributed by atoms with E-state index in [9.17, 15) is 18.1 Å². The van der Waals surface area contributed by atoms with E-state index in [2.05, 4.69) is 31.8 Å². The van der Waals surface area contributed by atoms with E-state index in [0.29, 0.717) is 27.8 Å². The Morgan fingerprint density at radius 2 is 1.83 bits per heavy atom. The molecule has 3 aromatic rings. The van der Waals surface area contributed by atoms with Crippen molar-refractivity contribution in [1.82, 2.24) is 0 Å². The first-order chi connectivity index (χ1) is 13.7. The number of aromatic hydroxyl groups is 1. The van der Waals surface area contributed by atoms with Gasteiger partial charge in [-0.2, -0.15) is 19.6 Å². The molecule has 0 aliphatic rings. The van der Waals surface area contributed by atoms with Crippen LogP contribution in [0.1, 0.15) is 5.56 Å². The van der Waals surface area contributed by atoms with Crippen LogP contribution in [0.5, 0.6) is 5.75 Å². The van der Waals surface area contributed by atoms with Crippen LogP contribution in [0, 0.1) is 13.0 Å². The Morgan fingerprint density at radius 3 is 2.43 bits per heavy atom. The average molecular weight is 501 g/mol. The van der Waals surface area contributed by atoms with Crippen molar-refractivity contribution in [3.05, 3.63) is 48.0 Å². The van der Waals surface area contributed by atoms with E-state index in [4.69, 9.17) is 0 Å². The van der Waals surface area contributed by atoms with E-state index in [1.54, 1.807) is 51.4 Å². The van der Waals surface area contributed by atoms with Gasteiger partial charge in [-0.05, 0) is 41.0 Å². The summed E-state index contributed by atoms with van der Waals surface area (Å²) in [4.78, 5) is -0.548. The number of hydrogen-bond acceptors (Lipinski definition) is 8. The van der Waals surface area contributed by atoms with Crippen molar-refractivity contribution in [2.75, 3.05) is 19.4 Å². The normalized spacial score (nSPS) is 11.9. The first kappa shape index (κ1) is 24.0. The predicted octanol–water partition coefficient (Wildman–Crippen LogP) is 5.07. The number of fused-ring (bicyclic) bond motifs is 1. The van der Waals surface area contributed by atoms with Gasteiger partial charge in [-0.3, -0.25) is 4.55 Å². The van der Waals surface area contributed by atoms with Crippen LogP contribution in [0.3, 0.4) is 0 Å². The number of anilines is 1. The number of aryl methyl sites for hydroxylation is 1. The predicted molar refractivity (Wildman–Crippen MR) is 110 cm³/mol. The largest absolute Gasteiger partial charge is 0.505 e. The number of azo groups is 2. The van der Waals surface area contributed by atoms with Crippen LogP contribution in [0.15, 0.2) is 61.8 Å². The summed E-state index contributed by atoms with van der Waals surface area (Å²) >= 11 is 0. The van der Waals surface area contributed by atoms with Gasteiger partial charge in [0.2, 0.25) is 0 Å². The van der Waals surface area contributed by atoms with E-state index in [0.717, 1.165) is 5.56 Å². The van der Waals surface area contributed by atoms with E-state index >= 15 is 0 Å². The molecular formula is C19H18N5O4SY-. The van der Waals surface area contributed by atoms with Crippen LogP contribution in [-0.2, 0) is 42.8 Å². The fourth-order valence-corrected chi connectivity index (χ4v) is 3.41. The standard InChI is InChI=1S/C19H18N5O4S.Y/c1-11-8-14(5-7-16(11)23-21-3)22-24-18-17(29(26,27)28)10-12-9-13(20-2)4-6-15(12)19(18)25;/h4,6-10,20,25H,1-3H3,(H,26,27,28);/q-1;. The smallest absolute Gasteiger partial charge is 0.296 e. The quantitative estimate of drug-likeness (QED) is 0.255. The molecule has 0 saturated heterocycles. The number of rotatable bonds is 5. The first-order valence-electron chi connectivity index (χ1n) is 8.43. The summed E-state index contributed by atoms with van der Waals surface area (Å²) in [5, 5.41) is 29.8. The van der Waals surface area contributed by atoms with E-state index in [-0.39, 0.29) is 38.4 Å². The topological polar surface area (TPSA) is 136 Å². The maximum atomic E-state index is 11.9. The summed E-state index contributed by atoms with van der Waals surface area (Å²) in [6.07, 6.45) is 0. The van der Waals surface area contributed by atoms with Crippen molar-refractivity contribution in [1.29, 1.82) is 0 Å². The van der Waals surface area contributed by atoms with Crippen molar-refractivity contribution in [2.24, 2.45) is 20.5 Å². The first-order valence-corrected chi connectivity index (χ1v) is 9.87. The Morgan fingerprint density at radius 1 is 1.10 bits per heavy atom. The maximum absolute atomic E-state index is 11.9. The van der Waals surface area contributed by atoms with Gasteiger partial charge in [0.1, 0.15) is 10.6 Å². The van der Waals surface area contributed by atoms with Crippen molar-refractivity contribution in [2.45, 2.75) is 11.8 Å². The fraction of sp³-hybridized carbons (Fsp3) is 0.158. The molecule has 3 N–H and O–H groups in total. The van der Waals surface area contributed by atoms with Crippen molar-refractivity contribution >= 4 is 43.6 Å². The zero-order chi connectivity index (χ0) is 21.2. The molecule has 0 bridgehead atoms. The van der Waals surface area contributed by atoms with Gasteiger partial charge in [-0.1, -0.05) is 6.92 Å². The monoisotopic (exact) mass is 501 g/mol. The SMILES string of the molecule is CN=Nc1c[c-]c(N=Nc2c(S(=O)(=O)O)cc3cc(NC)ccc3c2O)cc1C.[Y]. The van der Waals surface area contributed by atoms with Gasteiger partial charge >= 0.3 is 0 Å². The maximum Gasteiger partial charge on any atom is 0.296 e. The molecule has 0 spiro atoms. The zero-order valence-electron chi connectivity index (χ0n) is 16.4. The molecule has 0 atom stereocenters. The zero-order valence-corrected chi connectivity index (χ0v) is 20.1. The second kappa shape index (κ2) is 9.69. The molecule has 3 rings (SSSR count). The Balaban J connectivity index is 0.00000320. The summed E-state index contributed by atoms with van der Waals surface area (Å²) in [7, 11) is -1.41. The molecule has 9 nitrogen and oxygen atoms in total. The minimum absolute atomic E-state index is 0. The molecule has 153 valence electrons. The molecule has 0 fully saturated rings. The van der Waals surface area contributed by atoms with E-state index in [1.807, 2.05) is 0 Å². The molecule has 0 aromatic heterocycles. The molecule has 0 amide bonds. The van der Waals surface area contributed by atoms with E-state index in [1.165, 1.54) is 6.07 Å². The fourth-order valence-electron chi connectivity index (χ4n) is 2.75. The Labute approximate surface area is 199 Å². The van der Waals surface area contributed by atoms with Gasteiger partial charge in [0.15, 0.2) is 5.75 Å². The molecule has 0 aliphatic carbocycles. The van der Waals surface area contributed by atoms with Crippen LogP contribution in [0.25, 0.3) is 10.8 Å². The number of nitrogens with one attached hydrogen (secondary N) is 1. The van der Waals surface area contributed by atoms with Gasteiger partial charge in [0.25, 0.3) is 10.1 Å². The Hall–Kier alpha value is -2.27. The molecule has 11 heteroatoms. The average Bonchev–Trinajstić information content (AvgIpc) is 2.68. The van der Waals surface area contributed by atoms with Crippen LogP contribution in [-0.4, -0.2) is 32.2 Å². The number of phenolic OH excluding ortho intramolecular Hbond substituents is 1. The van der Waals surface area contributed by atoms with Crippen LogP contribution in [0.2, 0.25) is 0 Å². The van der Waals surface area contributed by atoms with E-state index < -0.39 is 20.8 Å². The summed E-state index contributed by atoms with van der Waals surface area (Å²) < 4.78 is 33.4. The Bertz CT molecular complexity index is 1260. The van der Waals surface area contributed by atoms with Gasteiger partial charge in [-0.25, -0.2) is 10.2 Å². The molecule has 0 unspecified atom stereocenters. The summed E-state index contributed by atoms with van der Waals surface area (Å²) in [6.45, 7) is 1.80. The molecule has 1 radical (unpaired) electrons. The molecule has 30 heavy (non-hydrogen) atoms. The molecule has 0 heterocycles. The summed E-state index contributed by atoms with van der Waals surface area (Å²) in [5.41, 5.74) is 2.02. The number of benzene rings is 3. The summed E-state index contributed by atoms with van der Waals surface area (Å²) in [6, 6.07) is 12.3. The van der Waals surface area contributed by atoms with Gasteiger partial charge < -0.3 is 10.4 Å². The molecule has 3 aromatic carbocycles. The second-order valence-corrected chi connectivity index (χ2v) is 7.51. The van der Waals surface area contributed by atoms with Gasteiger partial charge in [0, 0.05) is 57.9 Å². The molecular weight excluding hydrogens is 483 g/mol. The van der Waals surface area contributed by atoms with Crippen LogP contribution < -0.4 is 5.32 Å². The third-order valence-electron chi connectivity index (χ3n) is 4.20. The molecule has 0 saturated carbocycles. The van der Waals surface area contributed by atoms with Crippen LogP contribution >= 0.6 is 0 Å². The minimum Gasteiger partial charge on any atom is -0.505 e. The third kappa shape index (κ3) is 5.07. The van der Waals surface area contributed by atoms with Gasteiger partial charge in [0.05, 0.1) is 0 Å². The van der Waals surface area contributed by atoms with Crippen LogP contribution in [0.4, 0.5) is 22.7 Å².